The van der Waals surface area contributed by atoms with Crippen LogP contribution in [0.25, 0.3) is 21.2 Å². The van der Waals surface area contributed by atoms with Crippen LogP contribution < -0.4 is 20.0 Å². The van der Waals surface area contributed by atoms with Gasteiger partial charge < -0.3 is 14.1 Å². The number of amides is 2. The van der Waals surface area contributed by atoms with Crippen LogP contribution in [0.2, 0.25) is 0 Å². The van der Waals surface area contributed by atoms with Gasteiger partial charge in [-0.15, -0.1) is 0 Å². The van der Waals surface area contributed by atoms with Gasteiger partial charge in [0, 0.05) is 5.56 Å². The third-order valence-electron chi connectivity index (χ3n) is 8.31. The van der Waals surface area contributed by atoms with Gasteiger partial charge in [-0.1, -0.05) is 71.5 Å². The number of thiazole rings is 1. The number of para-hydroxylation sites is 2. The summed E-state index contributed by atoms with van der Waals surface area (Å²) in [4.78, 5) is 51.9. The maximum absolute atomic E-state index is 15.1. The van der Waals surface area contributed by atoms with Crippen molar-refractivity contribution in [1.29, 1.82) is 0 Å². The van der Waals surface area contributed by atoms with Gasteiger partial charge >= 0.3 is 0 Å². The van der Waals surface area contributed by atoms with E-state index < -0.39 is 22.8 Å². The molecule has 1 unspecified atom stereocenters. The maximum Gasteiger partial charge on any atom is 0.297 e. The van der Waals surface area contributed by atoms with Crippen LogP contribution in [0.5, 0.6) is 5.75 Å². The summed E-state index contributed by atoms with van der Waals surface area (Å²) in [5.74, 6) is -0.476. The van der Waals surface area contributed by atoms with Gasteiger partial charge in [0.05, 0.1) is 40.0 Å². The summed E-state index contributed by atoms with van der Waals surface area (Å²) in [6.07, 6.45) is 0. The maximum atomic E-state index is 15.1. The Morgan fingerprint density at radius 2 is 1.75 bits per heavy atom. The van der Waals surface area contributed by atoms with Crippen LogP contribution in [0.4, 0.5) is 10.8 Å². The lowest BCUT2D eigenvalue weighted by Crippen LogP contribution is -2.53. The fourth-order valence-corrected chi connectivity index (χ4v) is 7.55. The molecule has 2 aliphatic rings. The SMILES string of the molecule is CCOc1ccc2nc(N3C(=O)c4oc5ccccc5c(=O)c4C34C(=O)N(Cc3cccc(C)c3)c3ccccc34)sc2c1. The lowest BCUT2D eigenvalue weighted by molar-refractivity contribution is -0.121. The van der Waals surface area contributed by atoms with Gasteiger partial charge in [-0.3, -0.25) is 19.3 Å². The average molecular weight is 600 g/mol. The quantitative estimate of drug-likeness (QED) is 0.223. The molecule has 2 aromatic heterocycles. The Labute approximate surface area is 255 Å². The van der Waals surface area contributed by atoms with Crippen molar-refractivity contribution in [3.63, 3.8) is 0 Å². The highest BCUT2D eigenvalue weighted by atomic mass is 32.1. The predicted molar refractivity (Wildman–Crippen MR) is 170 cm³/mol. The average Bonchev–Trinajstić information content (AvgIpc) is 3.63. The molecule has 0 saturated carbocycles. The van der Waals surface area contributed by atoms with E-state index in [4.69, 9.17) is 14.1 Å². The largest absolute Gasteiger partial charge is 0.494 e. The lowest BCUT2D eigenvalue weighted by Gasteiger charge is -2.32. The second kappa shape index (κ2) is 9.62. The Hall–Kier alpha value is -5.28. The van der Waals surface area contributed by atoms with E-state index in [0.717, 1.165) is 15.8 Å². The summed E-state index contributed by atoms with van der Waals surface area (Å²) >= 11 is 1.26. The molecule has 0 radical (unpaired) electrons. The van der Waals surface area contributed by atoms with E-state index in [9.17, 15) is 9.59 Å². The third-order valence-corrected chi connectivity index (χ3v) is 9.31. The molecule has 4 aromatic carbocycles. The Balaban J connectivity index is 1.42. The van der Waals surface area contributed by atoms with Crippen LogP contribution in [0, 0.1) is 6.92 Å². The van der Waals surface area contributed by atoms with Crippen molar-refractivity contribution in [3.8, 4) is 5.75 Å². The van der Waals surface area contributed by atoms with Crippen molar-refractivity contribution in [2.75, 3.05) is 16.4 Å². The van der Waals surface area contributed by atoms with Gasteiger partial charge in [0.15, 0.2) is 16.1 Å². The molecule has 9 heteroatoms. The Bertz CT molecular complexity index is 2240. The molecule has 2 amide bonds. The summed E-state index contributed by atoms with van der Waals surface area (Å²) in [5.41, 5.74) is 1.85. The van der Waals surface area contributed by atoms with Crippen LogP contribution in [0.15, 0.2) is 100 Å². The smallest absolute Gasteiger partial charge is 0.297 e. The van der Waals surface area contributed by atoms with E-state index >= 15 is 4.79 Å². The number of aryl methyl sites for hydroxylation is 1. The fraction of sp³-hybridized carbons (Fsp3) is 0.143. The molecule has 8 nitrogen and oxygen atoms in total. The summed E-state index contributed by atoms with van der Waals surface area (Å²) in [6, 6.07) is 27.6. The molecular weight excluding hydrogens is 574 g/mol. The third kappa shape index (κ3) is 3.56. The normalized spacial score (nSPS) is 17.2. The van der Waals surface area contributed by atoms with Crippen molar-refractivity contribution in [2.24, 2.45) is 0 Å². The van der Waals surface area contributed by atoms with E-state index in [2.05, 4.69) is 0 Å². The zero-order valence-electron chi connectivity index (χ0n) is 23.9. The Kier molecular flexibility index (Phi) is 5.76. The van der Waals surface area contributed by atoms with Crippen molar-refractivity contribution in [3.05, 3.63) is 129 Å². The molecular formula is C35H25N3O5S. The standard InChI is InChI=1S/C35H25N3O5S/c1-3-42-22-15-16-25-28(18-22)44-34(36-25)38-32(40)31-29(30(39)23-11-4-7-14-27(23)43-31)35(38)24-12-5-6-13-26(24)37(33(35)41)19-21-10-8-9-20(2)17-21/h4-18H,3,19H2,1-2H3. The zero-order chi connectivity index (χ0) is 30.2. The number of hydrogen-bond donors (Lipinski definition) is 0. The van der Waals surface area contributed by atoms with Crippen molar-refractivity contribution in [2.45, 2.75) is 25.9 Å². The molecule has 2 aliphatic heterocycles. The monoisotopic (exact) mass is 599 g/mol. The number of carbonyl (C=O) groups is 2. The molecule has 0 saturated heterocycles. The lowest BCUT2D eigenvalue weighted by atomic mass is 9.84. The zero-order valence-corrected chi connectivity index (χ0v) is 24.7. The first-order valence-electron chi connectivity index (χ1n) is 14.3. The first-order valence-corrected chi connectivity index (χ1v) is 15.1. The second-order valence-corrected chi connectivity index (χ2v) is 11.9. The number of carbonyl (C=O) groups excluding carboxylic acids is 2. The number of hydrogen-bond acceptors (Lipinski definition) is 7. The van der Waals surface area contributed by atoms with E-state index in [0.29, 0.717) is 34.5 Å². The Morgan fingerprint density at radius 3 is 2.59 bits per heavy atom. The number of benzene rings is 4. The summed E-state index contributed by atoms with van der Waals surface area (Å²) in [7, 11) is 0. The number of anilines is 2. The number of rotatable bonds is 5. The van der Waals surface area contributed by atoms with Crippen LogP contribution in [0.3, 0.4) is 0 Å². The fourth-order valence-electron chi connectivity index (χ4n) is 6.50. The number of ether oxygens (including phenoxy) is 1. The van der Waals surface area contributed by atoms with Gasteiger partial charge in [0.2, 0.25) is 5.76 Å². The minimum atomic E-state index is -1.81. The molecule has 0 N–H and O–H groups in total. The van der Waals surface area contributed by atoms with Crippen LogP contribution in [0.1, 0.15) is 39.7 Å². The highest BCUT2D eigenvalue weighted by Crippen LogP contribution is 2.55. The number of nitrogens with zero attached hydrogens (tertiary/aromatic N) is 3. The first kappa shape index (κ1) is 26.4. The highest BCUT2D eigenvalue weighted by Gasteiger charge is 2.66. The van der Waals surface area contributed by atoms with E-state index in [1.807, 2.05) is 80.6 Å². The second-order valence-electron chi connectivity index (χ2n) is 10.9. The molecule has 1 atom stereocenters. The minimum Gasteiger partial charge on any atom is -0.494 e. The van der Waals surface area contributed by atoms with Crippen LogP contribution >= 0.6 is 11.3 Å². The van der Waals surface area contributed by atoms with E-state index in [1.165, 1.54) is 16.2 Å². The van der Waals surface area contributed by atoms with E-state index in [1.54, 1.807) is 29.2 Å². The number of fused-ring (bicyclic) bond motifs is 6. The van der Waals surface area contributed by atoms with E-state index in [-0.39, 0.29) is 28.6 Å². The van der Waals surface area contributed by atoms with Crippen molar-refractivity contribution in [1.82, 2.24) is 4.98 Å². The molecule has 1 spiro atoms. The molecule has 0 fully saturated rings. The van der Waals surface area contributed by atoms with Crippen molar-refractivity contribution < 1.29 is 18.7 Å². The molecule has 4 heterocycles. The van der Waals surface area contributed by atoms with Crippen LogP contribution in [-0.2, 0) is 16.9 Å². The molecule has 8 rings (SSSR count). The summed E-state index contributed by atoms with van der Waals surface area (Å²) in [5, 5.41) is 0.586. The predicted octanol–water partition coefficient (Wildman–Crippen LogP) is 6.56. The minimum absolute atomic E-state index is 0.0136. The molecule has 0 aliphatic carbocycles. The molecule has 44 heavy (non-hydrogen) atoms. The first-order chi connectivity index (χ1) is 21.4. The molecule has 0 bridgehead atoms. The Morgan fingerprint density at radius 1 is 0.932 bits per heavy atom. The molecule has 6 aromatic rings. The summed E-state index contributed by atoms with van der Waals surface area (Å²) in [6.45, 7) is 4.67. The van der Waals surface area contributed by atoms with Gasteiger partial charge in [-0.2, -0.15) is 0 Å². The van der Waals surface area contributed by atoms with Crippen molar-refractivity contribution >= 4 is 55.2 Å². The van der Waals surface area contributed by atoms with Crippen LogP contribution in [-0.4, -0.2) is 23.4 Å². The molecule has 216 valence electrons. The number of aromatic nitrogens is 1. The van der Waals surface area contributed by atoms with Gasteiger partial charge in [0.25, 0.3) is 11.8 Å². The topological polar surface area (TPSA) is 93.0 Å². The van der Waals surface area contributed by atoms with Gasteiger partial charge in [-0.05, 0) is 55.8 Å². The van der Waals surface area contributed by atoms with Gasteiger partial charge in [-0.25, -0.2) is 4.98 Å². The highest BCUT2D eigenvalue weighted by molar-refractivity contribution is 7.22. The summed E-state index contributed by atoms with van der Waals surface area (Å²) < 4.78 is 12.7. The van der Waals surface area contributed by atoms with Gasteiger partial charge in [0.1, 0.15) is 11.3 Å².